The molecular weight excluding hydrogens is 325 g/mol. The second-order valence-electron chi connectivity index (χ2n) is 7.40. The van der Waals surface area contributed by atoms with Crippen LogP contribution in [0.5, 0.6) is 0 Å². The molecule has 0 aromatic heterocycles. The summed E-state index contributed by atoms with van der Waals surface area (Å²) in [7, 11) is 0. The minimum absolute atomic E-state index is 0.0228. The number of benzene rings is 1. The van der Waals surface area contributed by atoms with E-state index in [1.165, 1.54) is 12.1 Å². The van der Waals surface area contributed by atoms with E-state index >= 15 is 0 Å². The molecule has 6 heteroatoms. The predicted octanol–water partition coefficient (Wildman–Crippen LogP) is 3.52. The van der Waals surface area contributed by atoms with Crippen LogP contribution in [0, 0.1) is 11.7 Å². The summed E-state index contributed by atoms with van der Waals surface area (Å²) in [6.45, 7) is 6.71. The third-order valence-electron chi connectivity index (χ3n) is 4.10. The number of piperidine rings is 1. The van der Waals surface area contributed by atoms with Crippen LogP contribution in [0.2, 0.25) is 0 Å². The highest BCUT2D eigenvalue weighted by Crippen LogP contribution is 2.33. The van der Waals surface area contributed by atoms with Crippen LogP contribution in [0.15, 0.2) is 24.3 Å². The van der Waals surface area contributed by atoms with E-state index in [0.717, 1.165) is 18.4 Å². The van der Waals surface area contributed by atoms with Crippen LogP contribution in [0.3, 0.4) is 0 Å². The zero-order valence-corrected chi connectivity index (χ0v) is 15.2. The van der Waals surface area contributed by atoms with Crippen LogP contribution in [0.4, 0.5) is 9.18 Å². The number of aliphatic hydroxyl groups is 1. The van der Waals surface area contributed by atoms with E-state index in [1.807, 2.05) is 26.8 Å². The number of carbonyl (C=O) groups excluding carboxylic acids is 1. The Labute approximate surface area is 148 Å². The van der Waals surface area contributed by atoms with Gasteiger partial charge in [-0.3, -0.25) is 0 Å². The van der Waals surface area contributed by atoms with Crippen molar-refractivity contribution in [2.75, 3.05) is 26.3 Å². The Hall–Kier alpha value is -1.66. The molecule has 1 aliphatic rings. The van der Waals surface area contributed by atoms with E-state index in [-0.39, 0.29) is 37.1 Å². The lowest BCUT2D eigenvalue weighted by molar-refractivity contribution is -0.0349. The lowest BCUT2D eigenvalue weighted by atomic mass is 9.88. The Kier molecular flexibility index (Phi) is 6.79. The third kappa shape index (κ3) is 5.97. The molecule has 0 bridgehead atoms. The molecule has 2 unspecified atom stereocenters. The number of hydrogen-bond donors (Lipinski definition) is 1. The zero-order valence-electron chi connectivity index (χ0n) is 15.2. The molecule has 0 saturated carbocycles. The van der Waals surface area contributed by atoms with E-state index in [9.17, 15) is 9.18 Å². The molecule has 1 heterocycles. The Bertz CT molecular complexity index is 573. The summed E-state index contributed by atoms with van der Waals surface area (Å²) in [5.74, 6) is -0.301. The van der Waals surface area contributed by atoms with Crippen LogP contribution in [-0.4, -0.2) is 48.0 Å². The summed E-state index contributed by atoms with van der Waals surface area (Å²) in [5.41, 5.74) is 0.184. The van der Waals surface area contributed by atoms with E-state index in [4.69, 9.17) is 14.6 Å². The van der Waals surface area contributed by atoms with Crippen molar-refractivity contribution in [3.63, 3.8) is 0 Å². The molecule has 2 atom stereocenters. The van der Waals surface area contributed by atoms with Crippen molar-refractivity contribution in [2.24, 2.45) is 5.92 Å². The minimum Gasteiger partial charge on any atom is -0.444 e. The SMILES string of the molecule is CC(C)(C)OC(=O)N1CCCC(C(OCCO)c2cccc(F)c2)C1. The quantitative estimate of drug-likeness (QED) is 0.880. The van der Waals surface area contributed by atoms with Gasteiger partial charge in [-0.05, 0) is 51.3 Å². The van der Waals surface area contributed by atoms with Crippen LogP contribution < -0.4 is 0 Å². The number of halogens is 1. The molecule has 1 N–H and O–H groups in total. The van der Waals surface area contributed by atoms with Gasteiger partial charge in [0.1, 0.15) is 11.4 Å². The molecule has 1 saturated heterocycles. The van der Waals surface area contributed by atoms with Crippen molar-refractivity contribution in [3.8, 4) is 0 Å². The van der Waals surface area contributed by atoms with Gasteiger partial charge in [0.25, 0.3) is 0 Å². The summed E-state index contributed by atoms with van der Waals surface area (Å²) in [6, 6.07) is 6.31. The van der Waals surface area contributed by atoms with Crippen molar-refractivity contribution in [2.45, 2.75) is 45.3 Å². The lowest BCUT2D eigenvalue weighted by Gasteiger charge is -2.37. The van der Waals surface area contributed by atoms with Gasteiger partial charge in [0.2, 0.25) is 0 Å². The fourth-order valence-electron chi connectivity index (χ4n) is 3.12. The molecule has 25 heavy (non-hydrogen) atoms. The maximum atomic E-state index is 13.6. The topological polar surface area (TPSA) is 59.0 Å². The van der Waals surface area contributed by atoms with Crippen LogP contribution in [0.1, 0.15) is 45.3 Å². The number of likely N-dealkylation sites (tertiary alicyclic amines) is 1. The smallest absolute Gasteiger partial charge is 0.410 e. The molecule has 1 amide bonds. The zero-order chi connectivity index (χ0) is 18.4. The number of aliphatic hydroxyl groups excluding tert-OH is 1. The number of carbonyl (C=O) groups is 1. The van der Waals surface area contributed by atoms with Gasteiger partial charge in [0.05, 0.1) is 19.3 Å². The van der Waals surface area contributed by atoms with Gasteiger partial charge in [-0.2, -0.15) is 0 Å². The van der Waals surface area contributed by atoms with Gasteiger partial charge in [0, 0.05) is 19.0 Å². The molecule has 2 rings (SSSR count). The number of amides is 1. The fraction of sp³-hybridized carbons (Fsp3) is 0.632. The summed E-state index contributed by atoms with van der Waals surface area (Å²) in [5, 5.41) is 9.10. The molecule has 140 valence electrons. The van der Waals surface area contributed by atoms with Crippen molar-refractivity contribution >= 4 is 6.09 Å². The molecule has 1 aromatic rings. The van der Waals surface area contributed by atoms with Gasteiger partial charge >= 0.3 is 6.09 Å². The third-order valence-corrected chi connectivity index (χ3v) is 4.10. The second kappa shape index (κ2) is 8.63. The van der Waals surface area contributed by atoms with Crippen LogP contribution >= 0.6 is 0 Å². The number of rotatable bonds is 5. The summed E-state index contributed by atoms with van der Waals surface area (Å²) in [6.07, 6.45) is 0.995. The van der Waals surface area contributed by atoms with Crippen molar-refractivity contribution in [1.29, 1.82) is 0 Å². The first-order valence-corrected chi connectivity index (χ1v) is 8.76. The highest BCUT2D eigenvalue weighted by atomic mass is 19.1. The van der Waals surface area contributed by atoms with Crippen LogP contribution in [-0.2, 0) is 9.47 Å². The molecular formula is C19H28FNO4. The van der Waals surface area contributed by atoms with E-state index < -0.39 is 5.60 Å². The first-order chi connectivity index (χ1) is 11.8. The number of ether oxygens (including phenoxy) is 2. The van der Waals surface area contributed by atoms with Gasteiger partial charge in [-0.1, -0.05) is 12.1 Å². The standard InChI is InChI=1S/C19H28FNO4/c1-19(2,3)25-18(23)21-9-5-7-15(13-21)17(24-11-10-22)14-6-4-8-16(20)12-14/h4,6,8,12,15,17,22H,5,7,9-11,13H2,1-3H3. The lowest BCUT2D eigenvalue weighted by Crippen LogP contribution is -2.44. The highest BCUT2D eigenvalue weighted by molar-refractivity contribution is 5.68. The van der Waals surface area contributed by atoms with E-state index in [2.05, 4.69) is 0 Å². The Morgan fingerprint density at radius 1 is 1.44 bits per heavy atom. The average molecular weight is 353 g/mol. The monoisotopic (exact) mass is 353 g/mol. The Morgan fingerprint density at radius 3 is 2.84 bits per heavy atom. The highest BCUT2D eigenvalue weighted by Gasteiger charge is 2.33. The molecule has 1 fully saturated rings. The Balaban J connectivity index is 2.12. The molecule has 0 radical (unpaired) electrons. The number of hydrogen-bond acceptors (Lipinski definition) is 4. The van der Waals surface area contributed by atoms with Crippen molar-refractivity contribution in [1.82, 2.24) is 4.90 Å². The maximum Gasteiger partial charge on any atom is 0.410 e. The minimum atomic E-state index is -0.542. The summed E-state index contributed by atoms with van der Waals surface area (Å²) < 4.78 is 24.9. The average Bonchev–Trinajstić information content (AvgIpc) is 2.54. The molecule has 5 nitrogen and oxygen atoms in total. The van der Waals surface area contributed by atoms with Gasteiger partial charge in [-0.15, -0.1) is 0 Å². The maximum absolute atomic E-state index is 13.6. The summed E-state index contributed by atoms with van der Waals surface area (Å²) >= 11 is 0. The predicted molar refractivity (Wildman–Crippen MR) is 92.7 cm³/mol. The first kappa shape index (κ1) is 19.7. The fourth-order valence-corrected chi connectivity index (χ4v) is 3.12. The largest absolute Gasteiger partial charge is 0.444 e. The van der Waals surface area contributed by atoms with Crippen molar-refractivity contribution < 1.29 is 23.8 Å². The van der Waals surface area contributed by atoms with Gasteiger partial charge < -0.3 is 19.5 Å². The first-order valence-electron chi connectivity index (χ1n) is 8.76. The molecule has 1 aliphatic heterocycles. The molecule has 0 aliphatic carbocycles. The van der Waals surface area contributed by atoms with E-state index in [0.29, 0.717) is 13.1 Å². The van der Waals surface area contributed by atoms with Crippen molar-refractivity contribution in [3.05, 3.63) is 35.6 Å². The second-order valence-corrected chi connectivity index (χ2v) is 7.40. The van der Waals surface area contributed by atoms with Crippen LogP contribution in [0.25, 0.3) is 0 Å². The van der Waals surface area contributed by atoms with E-state index in [1.54, 1.807) is 11.0 Å². The summed E-state index contributed by atoms with van der Waals surface area (Å²) in [4.78, 5) is 14.0. The molecule has 0 spiro atoms. The van der Waals surface area contributed by atoms with Gasteiger partial charge in [0.15, 0.2) is 0 Å². The number of nitrogens with zero attached hydrogens (tertiary/aromatic N) is 1. The Morgan fingerprint density at radius 2 is 2.20 bits per heavy atom. The van der Waals surface area contributed by atoms with Gasteiger partial charge in [-0.25, -0.2) is 9.18 Å². The normalized spacial score (nSPS) is 19.6. The molecule has 1 aromatic carbocycles.